The highest BCUT2D eigenvalue weighted by molar-refractivity contribution is 5.95. The largest absolute Gasteiger partial charge is 0.465 e. The van der Waals surface area contributed by atoms with E-state index in [1.807, 2.05) is 0 Å². The predicted octanol–water partition coefficient (Wildman–Crippen LogP) is 4.31. The van der Waals surface area contributed by atoms with Gasteiger partial charge in [-0.1, -0.05) is 6.92 Å². The van der Waals surface area contributed by atoms with Crippen LogP contribution in [0, 0.1) is 5.41 Å². The minimum Gasteiger partial charge on any atom is -0.465 e. The van der Waals surface area contributed by atoms with Crippen LogP contribution in [0.4, 0.5) is 0 Å². The molecule has 0 aliphatic heterocycles. The average molecular weight is 621 g/mol. The zero-order valence-corrected chi connectivity index (χ0v) is 25.2. The number of carbonyl (C=O) groups is 6. The minimum atomic E-state index is -1.16. The number of ether oxygens (including phenoxy) is 6. The molecular weight excluding hydrogens is 588 g/mol. The van der Waals surface area contributed by atoms with E-state index in [2.05, 4.69) is 14.2 Å². The molecule has 0 radical (unpaired) electrons. The number of hydrogen-bond donors (Lipinski definition) is 0. The van der Waals surface area contributed by atoms with E-state index >= 15 is 0 Å². The van der Waals surface area contributed by atoms with Crippen LogP contribution in [0.1, 0.15) is 75.5 Å². The fraction of sp³-hybridized carbons (Fsp3) is 0.273. The number of esters is 6. The molecule has 0 N–H and O–H groups in total. The van der Waals surface area contributed by atoms with E-state index in [0.29, 0.717) is 0 Å². The van der Waals surface area contributed by atoms with Gasteiger partial charge < -0.3 is 28.4 Å². The summed E-state index contributed by atoms with van der Waals surface area (Å²) in [5.74, 6) is -3.87. The first-order chi connectivity index (χ1) is 21.6. The fourth-order valence-corrected chi connectivity index (χ4v) is 3.92. The molecule has 0 aromatic heterocycles. The monoisotopic (exact) mass is 620 g/mol. The van der Waals surface area contributed by atoms with E-state index in [4.69, 9.17) is 14.2 Å². The van der Waals surface area contributed by atoms with Crippen molar-refractivity contribution in [2.45, 2.75) is 13.3 Å². The Balaban J connectivity index is 1.76. The molecule has 0 aliphatic carbocycles. The number of hydrogen-bond acceptors (Lipinski definition) is 12. The maximum Gasteiger partial charge on any atom is 0.338 e. The summed E-state index contributed by atoms with van der Waals surface area (Å²) in [6.07, 6.45) is 0.255. The second-order valence-corrected chi connectivity index (χ2v) is 9.79. The van der Waals surface area contributed by atoms with Crippen molar-refractivity contribution in [3.8, 4) is 0 Å². The summed E-state index contributed by atoms with van der Waals surface area (Å²) in [5, 5.41) is 0. The van der Waals surface area contributed by atoms with Gasteiger partial charge in [-0.25, -0.2) is 28.8 Å². The van der Waals surface area contributed by atoms with Crippen molar-refractivity contribution in [2.24, 2.45) is 5.41 Å². The Morgan fingerprint density at radius 3 is 0.800 bits per heavy atom. The zero-order valence-electron chi connectivity index (χ0n) is 25.2. The molecule has 0 aliphatic rings. The van der Waals surface area contributed by atoms with Gasteiger partial charge in [0.1, 0.15) is 19.8 Å². The highest BCUT2D eigenvalue weighted by Gasteiger charge is 2.35. The van der Waals surface area contributed by atoms with Crippen LogP contribution in [0.15, 0.2) is 72.8 Å². The van der Waals surface area contributed by atoms with Gasteiger partial charge in [-0.2, -0.15) is 0 Å². The molecule has 45 heavy (non-hydrogen) atoms. The van der Waals surface area contributed by atoms with Gasteiger partial charge in [0.05, 0.1) is 60.1 Å². The average Bonchev–Trinajstić information content (AvgIpc) is 3.10. The lowest BCUT2D eigenvalue weighted by atomic mass is 9.88. The van der Waals surface area contributed by atoms with E-state index in [1.165, 1.54) is 94.1 Å². The van der Waals surface area contributed by atoms with Gasteiger partial charge in [-0.3, -0.25) is 0 Å². The van der Waals surface area contributed by atoms with E-state index < -0.39 is 41.2 Å². The third-order valence-electron chi connectivity index (χ3n) is 6.90. The molecule has 0 saturated carbocycles. The van der Waals surface area contributed by atoms with Crippen LogP contribution in [0.25, 0.3) is 0 Å². The highest BCUT2D eigenvalue weighted by atomic mass is 16.6. The molecule has 0 heterocycles. The highest BCUT2D eigenvalue weighted by Crippen LogP contribution is 2.26. The Kier molecular flexibility index (Phi) is 11.9. The summed E-state index contributed by atoms with van der Waals surface area (Å²) in [5.41, 5.74) is 0.0272. The Morgan fingerprint density at radius 1 is 0.422 bits per heavy atom. The molecular formula is C33H32O12. The number of methoxy groups -OCH3 is 3. The van der Waals surface area contributed by atoms with Crippen molar-refractivity contribution < 1.29 is 57.2 Å². The van der Waals surface area contributed by atoms with Gasteiger partial charge in [0, 0.05) is 0 Å². The van der Waals surface area contributed by atoms with Gasteiger partial charge in [0.25, 0.3) is 0 Å². The van der Waals surface area contributed by atoms with Crippen molar-refractivity contribution in [3.63, 3.8) is 0 Å². The molecule has 3 aromatic rings. The normalized spacial score (nSPS) is 10.7. The molecule has 0 unspecified atom stereocenters. The van der Waals surface area contributed by atoms with Crippen LogP contribution in [0.5, 0.6) is 0 Å². The zero-order chi connectivity index (χ0) is 33.0. The molecule has 0 spiro atoms. The third-order valence-corrected chi connectivity index (χ3v) is 6.90. The summed E-state index contributed by atoms with van der Waals surface area (Å²) < 4.78 is 30.7. The number of carbonyl (C=O) groups excluding carboxylic acids is 6. The summed E-state index contributed by atoms with van der Waals surface area (Å²) in [6, 6.07) is 16.9. The molecule has 3 rings (SSSR count). The van der Waals surface area contributed by atoms with Crippen molar-refractivity contribution in [1.82, 2.24) is 0 Å². The number of rotatable bonds is 13. The summed E-state index contributed by atoms with van der Waals surface area (Å²) in [4.78, 5) is 73.7. The SMILES string of the molecule is CCC(COC(=O)c1ccc(C(=O)OC)cc1)(COC(=O)c1ccc(C(=O)OC)cc1)COC(=O)c1ccc(C(=O)OC)cc1. The predicted molar refractivity (Wildman–Crippen MR) is 157 cm³/mol. The Labute approximate surface area is 259 Å². The van der Waals surface area contributed by atoms with E-state index in [0.717, 1.165) is 0 Å². The Hall–Kier alpha value is -5.52. The molecule has 0 atom stereocenters. The first-order valence-corrected chi connectivity index (χ1v) is 13.6. The standard InChI is InChI=1S/C33H32O12/c1-5-33(18-43-30(37)24-12-6-21(7-13-24)27(34)40-2,19-44-31(38)25-14-8-22(9-15-25)28(35)41-3)20-45-32(39)26-16-10-23(11-17-26)29(36)42-4/h6-17H,5,18-20H2,1-4H3. The van der Waals surface area contributed by atoms with Crippen LogP contribution >= 0.6 is 0 Å². The van der Waals surface area contributed by atoms with Crippen molar-refractivity contribution in [1.29, 1.82) is 0 Å². The number of benzene rings is 3. The quantitative estimate of drug-likeness (QED) is 0.197. The first kappa shape index (κ1) is 34.0. The third kappa shape index (κ3) is 8.99. The Bertz CT molecular complexity index is 1340. The van der Waals surface area contributed by atoms with Crippen LogP contribution < -0.4 is 0 Å². The lowest BCUT2D eigenvalue weighted by Gasteiger charge is -2.31. The topological polar surface area (TPSA) is 158 Å². The van der Waals surface area contributed by atoms with Gasteiger partial charge in [-0.05, 0) is 79.2 Å². The van der Waals surface area contributed by atoms with Crippen LogP contribution in [-0.2, 0) is 28.4 Å². The second-order valence-electron chi connectivity index (χ2n) is 9.79. The van der Waals surface area contributed by atoms with Gasteiger partial charge in [0.2, 0.25) is 0 Å². The van der Waals surface area contributed by atoms with Crippen LogP contribution in [0.3, 0.4) is 0 Å². The van der Waals surface area contributed by atoms with Crippen molar-refractivity contribution in [3.05, 3.63) is 106 Å². The van der Waals surface area contributed by atoms with Crippen LogP contribution in [0.2, 0.25) is 0 Å². The molecule has 12 heteroatoms. The van der Waals surface area contributed by atoms with Crippen molar-refractivity contribution >= 4 is 35.8 Å². The molecule has 0 saturated heterocycles. The lowest BCUT2D eigenvalue weighted by molar-refractivity contribution is -0.0382. The lowest BCUT2D eigenvalue weighted by Crippen LogP contribution is -2.39. The maximum atomic E-state index is 12.9. The van der Waals surface area contributed by atoms with Crippen molar-refractivity contribution in [2.75, 3.05) is 41.2 Å². The molecule has 3 aromatic carbocycles. The molecule has 0 bridgehead atoms. The van der Waals surface area contributed by atoms with E-state index in [1.54, 1.807) is 6.92 Å². The molecule has 12 nitrogen and oxygen atoms in total. The smallest absolute Gasteiger partial charge is 0.338 e. The van der Waals surface area contributed by atoms with Gasteiger partial charge in [-0.15, -0.1) is 0 Å². The Morgan fingerprint density at radius 2 is 0.622 bits per heavy atom. The van der Waals surface area contributed by atoms with Gasteiger partial charge >= 0.3 is 35.8 Å². The van der Waals surface area contributed by atoms with Crippen LogP contribution in [-0.4, -0.2) is 77.0 Å². The minimum absolute atomic E-state index is 0.151. The second kappa shape index (κ2) is 15.8. The summed E-state index contributed by atoms with van der Waals surface area (Å²) in [6.45, 7) is 0.843. The van der Waals surface area contributed by atoms with Gasteiger partial charge in [0.15, 0.2) is 0 Å². The molecule has 236 valence electrons. The molecule has 0 fully saturated rings. The first-order valence-electron chi connectivity index (χ1n) is 13.6. The fourth-order valence-electron chi connectivity index (χ4n) is 3.92. The summed E-state index contributed by atoms with van der Waals surface area (Å²) in [7, 11) is 3.72. The van der Waals surface area contributed by atoms with E-state index in [9.17, 15) is 28.8 Å². The molecule has 0 amide bonds. The van der Waals surface area contributed by atoms with E-state index in [-0.39, 0.29) is 59.6 Å². The summed E-state index contributed by atoms with van der Waals surface area (Å²) >= 11 is 0. The maximum absolute atomic E-state index is 12.9.